The minimum Gasteiger partial charge on any atom is -0.313 e. The van der Waals surface area contributed by atoms with Crippen LogP contribution in [0.1, 0.15) is 55.3 Å². The number of unbranched alkanes of at least 4 members (excludes halogenated alkanes) is 2. The third-order valence-electron chi connectivity index (χ3n) is 3.38. The highest BCUT2D eigenvalue weighted by atomic mass is 14.9. The van der Waals surface area contributed by atoms with Gasteiger partial charge in [-0.1, -0.05) is 44.4 Å². The van der Waals surface area contributed by atoms with Gasteiger partial charge in [-0.2, -0.15) is 0 Å². The molecule has 1 nitrogen and oxygen atoms in total. The van der Waals surface area contributed by atoms with Gasteiger partial charge in [-0.15, -0.1) is 0 Å². The molecule has 90 valence electrons. The lowest BCUT2D eigenvalue weighted by Gasteiger charge is -2.17. The molecule has 1 N–H and O–H groups in total. The van der Waals surface area contributed by atoms with E-state index < -0.39 is 0 Å². The summed E-state index contributed by atoms with van der Waals surface area (Å²) in [5, 5.41) is 3.42. The Labute approximate surface area is 100 Å². The normalized spacial score (nSPS) is 12.8. The van der Waals surface area contributed by atoms with Crippen LogP contribution in [0.5, 0.6) is 0 Å². The second-order valence-corrected chi connectivity index (χ2v) is 4.68. The number of rotatable bonds is 6. The van der Waals surface area contributed by atoms with E-state index in [-0.39, 0.29) is 0 Å². The van der Waals surface area contributed by atoms with Gasteiger partial charge in [-0.3, -0.25) is 0 Å². The van der Waals surface area contributed by atoms with E-state index in [1.165, 1.54) is 42.4 Å². The Morgan fingerprint density at radius 3 is 2.44 bits per heavy atom. The van der Waals surface area contributed by atoms with Gasteiger partial charge in [0.15, 0.2) is 0 Å². The Kier molecular flexibility index (Phi) is 5.54. The Hall–Kier alpha value is -0.820. The molecule has 1 heteroatoms. The molecule has 1 unspecified atom stereocenters. The zero-order chi connectivity index (χ0) is 12.0. The molecule has 0 fully saturated rings. The Morgan fingerprint density at radius 2 is 1.88 bits per heavy atom. The number of hydrogen-bond donors (Lipinski definition) is 1. The average Bonchev–Trinajstić information content (AvgIpc) is 2.29. The zero-order valence-corrected chi connectivity index (χ0v) is 11.1. The fraction of sp³-hybridized carbons (Fsp3) is 0.600. The molecular weight excluding hydrogens is 194 g/mol. The summed E-state index contributed by atoms with van der Waals surface area (Å²) >= 11 is 0. The van der Waals surface area contributed by atoms with Crippen molar-refractivity contribution in [1.29, 1.82) is 0 Å². The molecule has 1 rings (SSSR count). The van der Waals surface area contributed by atoms with Crippen molar-refractivity contribution in [3.05, 3.63) is 34.9 Å². The first kappa shape index (κ1) is 13.2. The van der Waals surface area contributed by atoms with Crippen molar-refractivity contribution in [3.63, 3.8) is 0 Å². The largest absolute Gasteiger partial charge is 0.313 e. The first-order valence-electron chi connectivity index (χ1n) is 6.43. The second kappa shape index (κ2) is 6.70. The van der Waals surface area contributed by atoms with E-state index in [1.807, 2.05) is 0 Å². The molecule has 0 aliphatic carbocycles. The molecule has 0 bridgehead atoms. The van der Waals surface area contributed by atoms with E-state index in [0.29, 0.717) is 6.04 Å². The van der Waals surface area contributed by atoms with Crippen LogP contribution in [0.2, 0.25) is 0 Å². The standard InChI is InChI=1S/C15H25N/c1-5-6-7-8-15(16-4)14-10-9-12(2)13(3)11-14/h9-11,15-16H,5-8H2,1-4H3. The van der Waals surface area contributed by atoms with Crippen LogP contribution in [0.25, 0.3) is 0 Å². The van der Waals surface area contributed by atoms with Gasteiger partial charge in [0.25, 0.3) is 0 Å². The van der Waals surface area contributed by atoms with Crippen molar-refractivity contribution in [3.8, 4) is 0 Å². The van der Waals surface area contributed by atoms with Gasteiger partial charge in [-0.25, -0.2) is 0 Å². The smallest absolute Gasteiger partial charge is 0.0317 e. The van der Waals surface area contributed by atoms with Crippen molar-refractivity contribution >= 4 is 0 Å². The molecule has 1 aromatic rings. The van der Waals surface area contributed by atoms with Crippen molar-refractivity contribution in [1.82, 2.24) is 5.32 Å². The predicted octanol–water partition coefficient (Wildman–Crippen LogP) is 4.14. The van der Waals surface area contributed by atoms with Crippen LogP contribution in [0, 0.1) is 13.8 Å². The van der Waals surface area contributed by atoms with Gasteiger partial charge in [0.2, 0.25) is 0 Å². The lowest BCUT2D eigenvalue weighted by atomic mass is 9.97. The van der Waals surface area contributed by atoms with Crippen molar-refractivity contribution < 1.29 is 0 Å². The monoisotopic (exact) mass is 219 g/mol. The van der Waals surface area contributed by atoms with Crippen LogP contribution in [0.3, 0.4) is 0 Å². The zero-order valence-electron chi connectivity index (χ0n) is 11.1. The maximum absolute atomic E-state index is 3.42. The molecular formula is C15H25N. The summed E-state index contributed by atoms with van der Waals surface area (Å²) < 4.78 is 0. The lowest BCUT2D eigenvalue weighted by Crippen LogP contribution is -2.16. The van der Waals surface area contributed by atoms with Gasteiger partial charge in [0, 0.05) is 6.04 Å². The summed E-state index contributed by atoms with van der Waals surface area (Å²) in [4.78, 5) is 0. The number of nitrogens with one attached hydrogen (secondary N) is 1. The van der Waals surface area contributed by atoms with Gasteiger partial charge < -0.3 is 5.32 Å². The molecule has 0 saturated heterocycles. The molecule has 0 radical (unpaired) electrons. The minimum absolute atomic E-state index is 0.519. The molecule has 0 spiro atoms. The minimum atomic E-state index is 0.519. The Morgan fingerprint density at radius 1 is 1.12 bits per heavy atom. The molecule has 1 aromatic carbocycles. The fourth-order valence-corrected chi connectivity index (χ4v) is 2.06. The van der Waals surface area contributed by atoms with Crippen LogP contribution in [-0.4, -0.2) is 7.05 Å². The maximum atomic E-state index is 3.42. The first-order valence-corrected chi connectivity index (χ1v) is 6.43. The van der Waals surface area contributed by atoms with Gasteiger partial charge in [0.1, 0.15) is 0 Å². The van der Waals surface area contributed by atoms with Crippen LogP contribution in [-0.2, 0) is 0 Å². The summed E-state index contributed by atoms with van der Waals surface area (Å²) in [6.45, 7) is 6.62. The third kappa shape index (κ3) is 3.64. The van der Waals surface area contributed by atoms with Gasteiger partial charge in [0.05, 0.1) is 0 Å². The topological polar surface area (TPSA) is 12.0 Å². The van der Waals surface area contributed by atoms with Crippen molar-refractivity contribution in [2.24, 2.45) is 0 Å². The SMILES string of the molecule is CCCCCC(NC)c1ccc(C)c(C)c1. The average molecular weight is 219 g/mol. The van der Waals surface area contributed by atoms with Crippen LogP contribution >= 0.6 is 0 Å². The molecule has 1 atom stereocenters. The highest BCUT2D eigenvalue weighted by molar-refractivity contribution is 5.31. The molecule has 0 aliphatic rings. The highest BCUT2D eigenvalue weighted by Gasteiger charge is 2.08. The summed E-state index contributed by atoms with van der Waals surface area (Å²) in [7, 11) is 2.06. The number of hydrogen-bond acceptors (Lipinski definition) is 1. The molecule has 0 aromatic heterocycles. The van der Waals surface area contributed by atoms with E-state index in [2.05, 4.69) is 51.3 Å². The first-order chi connectivity index (χ1) is 7.69. The van der Waals surface area contributed by atoms with Crippen molar-refractivity contribution in [2.45, 2.75) is 52.5 Å². The van der Waals surface area contributed by atoms with E-state index in [9.17, 15) is 0 Å². The lowest BCUT2D eigenvalue weighted by molar-refractivity contribution is 0.511. The molecule has 0 aliphatic heterocycles. The summed E-state index contributed by atoms with van der Waals surface area (Å²) in [6, 6.07) is 7.33. The highest BCUT2D eigenvalue weighted by Crippen LogP contribution is 2.21. The Balaban J connectivity index is 2.67. The van der Waals surface area contributed by atoms with Crippen LogP contribution in [0.4, 0.5) is 0 Å². The summed E-state index contributed by atoms with van der Waals surface area (Å²) in [5.41, 5.74) is 4.21. The maximum Gasteiger partial charge on any atom is 0.0317 e. The molecule has 0 heterocycles. The van der Waals surface area contributed by atoms with Gasteiger partial charge >= 0.3 is 0 Å². The van der Waals surface area contributed by atoms with E-state index in [0.717, 1.165) is 0 Å². The molecule has 0 amide bonds. The summed E-state index contributed by atoms with van der Waals surface area (Å²) in [5.74, 6) is 0. The van der Waals surface area contributed by atoms with Crippen molar-refractivity contribution in [2.75, 3.05) is 7.05 Å². The van der Waals surface area contributed by atoms with E-state index >= 15 is 0 Å². The number of benzene rings is 1. The quantitative estimate of drug-likeness (QED) is 0.709. The van der Waals surface area contributed by atoms with E-state index in [1.54, 1.807) is 0 Å². The summed E-state index contributed by atoms with van der Waals surface area (Å²) in [6.07, 6.45) is 5.19. The van der Waals surface area contributed by atoms with E-state index in [4.69, 9.17) is 0 Å². The third-order valence-corrected chi connectivity index (χ3v) is 3.38. The molecule has 16 heavy (non-hydrogen) atoms. The number of aryl methyl sites for hydroxylation is 2. The van der Waals surface area contributed by atoms with Crippen LogP contribution < -0.4 is 5.32 Å². The Bertz CT molecular complexity index is 317. The van der Waals surface area contributed by atoms with Gasteiger partial charge in [-0.05, 0) is 44.0 Å². The fourth-order valence-electron chi connectivity index (χ4n) is 2.06. The second-order valence-electron chi connectivity index (χ2n) is 4.68. The predicted molar refractivity (Wildman–Crippen MR) is 71.9 cm³/mol. The van der Waals surface area contributed by atoms with Crippen LogP contribution in [0.15, 0.2) is 18.2 Å². The molecule has 0 saturated carbocycles.